The topological polar surface area (TPSA) is 79.7 Å². The molecular formula is C16H15ClN2O4. The first-order valence-electron chi connectivity index (χ1n) is 7.26. The summed E-state index contributed by atoms with van der Waals surface area (Å²) in [5.74, 6) is -0.868. The number of likely N-dealkylation sites (tertiary alicyclic amines) is 1. The molecule has 1 aliphatic rings. The predicted molar refractivity (Wildman–Crippen MR) is 84.6 cm³/mol. The third-order valence-electron chi connectivity index (χ3n) is 3.89. The average molecular weight is 335 g/mol. The van der Waals surface area contributed by atoms with E-state index in [1.54, 1.807) is 24.4 Å². The molecule has 1 unspecified atom stereocenters. The smallest absolute Gasteiger partial charge is 0.326 e. The fourth-order valence-electron chi connectivity index (χ4n) is 2.77. The van der Waals surface area contributed by atoms with Crippen molar-refractivity contribution in [3.05, 3.63) is 35.5 Å². The zero-order chi connectivity index (χ0) is 16.4. The quantitative estimate of drug-likeness (QED) is 0.928. The Morgan fingerprint density at radius 1 is 1.39 bits per heavy atom. The van der Waals surface area contributed by atoms with E-state index in [0.29, 0.717) is 35.7 Å². The number of ether oxygens (including phenoxy) is 1. The number of pyridine rings is 1. The number of nitrogens with zero attached hydrogens (tertiary/aromatic N) is 2. The van der Waals surface area contributed by atoms with E-state index in [1.807, 2.05) is 6.07 Å². The van der Waals surface area contributed by atoms with Crippen LogP contribution in [0.5, 0.6) is 5.75 Å². The van der Waals surface area contributed by atoms with Gasteiger partial charge in [0.25, 0.3) is 5.91 Å². The largest absolute Gasteiger partial charge is 0.481 e. The molecule has 2 aromatic rings. The first-order chi connectivity index (χ1) is 11.1. The highest BCUT2D eigenvalue weighted by Gasteiger charge is 2.34. The molecule has 23 heavy (non-hydrogen) atoms. The summed E-state index contributed by atoms with van der Waals surface area (Å²) in [7, 11) is 0. The number of aromatic nitrogens is 1. The summed E-state index contributed by atoms with van der Waals surface area (Å²) in [6.07, 6.45) is 2.79. The van der Waals surface area contributed by atoms with E-state index in [9.17, 15) is 9.59 Å². The first kappa shape index (κ1) is 15.6. The Morgan fingerprint density at radius 3 is 3.00 bits per heavy atom. The second-order valence-corrected chi connectivity index (χ2v) is 5.72. The van der Waals surface area contributed by atoms with Crippen LogP contribution in [0.15, 0.2) is 30.5 Å². The Hall–Kier alpha value is -2.34. The molecule has 1 aromatic carbocycles. The van der Waals surface area contributed by atoms with Gasteiger partial charge in [0.2, 0.25) is 0 Å². The van der Waals surface area contributed by atoms with Crippen LogP contribution in [-0.4, -0.2) is 46.1 Å². The van der Waals surface area contributed by atoms with Gasteiger partial charge in [0, 0.05) is 18.1 Å². The van der Waals surface area contributed by atoms with E-state index in [1.165, 1.54) is 4.90 Å². The van der Waals surface area contributed by atoms with Crippen LogP contribution < -0.4 is 4.74 Å². The molecule has 1 amide bonds. The van der Waals surface area contributed by atoms with Crippen molar-refractivity contribution in [2.45, 2.75) is 18.9 Å². The number of aliphatic carboxylic acids is 1. The Balaban J connectivity index is 1.75. The van der Waals surface area contributed by atoms with Gasteiger partial charge < -0.3 is 14.7 Å². The van der Waals surface area contributed by atoms with Crippen LogP contribution in [0, 0.1) is 0 Å². The Bertz CT molecular complexity index is 765. The minimum absolute atomic E-state index is 0.225. The van der Waals surface area contributed by atoms with Crippen LogP contribution in [0.2, 0.25) is 5.02 Å². The molecule has 7 heteroatoms. The molecule has 1 saturated heterocycles. The molecule has 0 aliphatic carbocycles. The molecule has 0 radical (unpaired) electrons. The summed E-state index contributed by atoms with van der Waals surface area (Å²) in [4.78, 5) is 29.0. The lowest BCUT2D eigenvalue weighted by Gasteiger charge is -2.21. The Labute approximate surface area is 137 Å². The van der Waals surface area contributed by atoms with E-state index in [0.717, 1.165) is 5.39 Å². The van der Waals surface area contributed by atoms with Gasteiger partial charge in [-0.2, -0.15) is 0 Å². The first-order valence-corrected chi connectivity index (χ1v) is 7.64. The summed E-state index contributed by atoms with van der Waals surface area (Å²) in [5, 5.41) is 10.4. The van der Waals surface area contributed by atoms with E-state index in [2.05, 4.69) is 4.98 Å². The second-order valence-electron chi connectivity index (χ2n) is 5.32. The fraction of sp³-hybridized carbons (Fsp3) is 0.312. The standard InChI is InChI=1S/C16H15ClN2O4/c17-11-5-6-13(15-10(11)3-1-7-18-15)23-9-14(20)19-8-2-4-12(19)16(21)22/h1,3,5-7,12H,2,4,8-9H2,(H,21,22). The number of hydrogen-bond donors (Lipinski definition) is 1. The molecular weight excluding hydrogens is 320 g/mol. The number of carboxylic acid groups (broad SMARTS) is 1. The number of benzene rings is 1. The predicted octanol–water partition coefficient (Wildman–Crippen LogP) is 2.34. The van der Waals surface area contributed by atoms with Gasteiger partial charge in [0.05, 0.1) is 5.02 Å². The summed E-state index contributed by atoms with van der Waals surface area (Å²) in [5.41, 5.74) is 0.573. The number of halogens is 1. The second kappa shape index (κ2) is 6.42. The maximum absolute atomic E-state index is 12.2. The SMILES string of the molecule is O=C(O)C1CCCN1C(=O)COc1ccc(Cl)c2cccnc12. The minimum Gasteiger partial charge on any atom is -0.481 e. The van der Waals surface area contributed by atoms with Gasteiger partial charge in [0.1, 0.15) is 17.3 Å². The van der Waals surface area contributed by atoms with Crippen LogP contribution in [0.25, 0.3) is 10.9 Å². The van der Waals surface area contributed by atoms with Gasteiger partial charge in [-0.15, -0.1) is 0 Å². The highest BCUT2D eigenvalue weighted by atomic mass is 35.5. The molecule has 1 atom stereocenters. The lowest BCUT2D eigenvalue weighted by molar-refractivity contribution is -0.148. The fourth-order valence-corrected chi connectivity index (χ4v) is 2.99. The van der Waals surface area contributed by atoms with Gasteiger partial charge >= 0.3 is 5.97 Å². The van der Waals surface area contributed by atoms with Crippen LogP contribution in [0.1, 0.15) is 12.8 Å². The lowest BCUT2D eigenvalue weighted by Crippen LogP contribution is -2.42. The van der Waals surface area contributed by atoms with Crippen molar-refractivity contribution in [2.75, 3.05) is 13.2 Å². The zero-order valence-electron chi connectivity index (χ0n) is 12.2. The number of fused-ring (bicyclic) bond motifs is 1. The molecule has 1 N–H and O–H groups in total. The molecule has 120 valence electrons. The van der Waals surface area contributed by atoms with Gasteiger partial charge in [-0.05, 0) is 37.1 Å². The summed E-state index contributed by atoms with van der Waals surface area (Å²) >= 11 is 6.11. The van der Waals surface area contributed by atoms with Crippen molar-refractivity contribution < 1.29 is 19.4 Å². The lowest BCUT2D eigenvalue weighted by atomic mass is 10.2. The van der Waals surface area contributed by atoms with Gasteiger partial charge in [-0.3, -0.25) is 9.78 Å². The van der Waals surface area contributed by atoms with Crippen molar-refractivity contribution in [1.82, 2.24) is 9.88 Å². The van der Waals surface area contributed by atoms with Crippen LogP contribution in [0.4, 0.5) is 0 Å². The van der Waals surface area contributed by atoms with Crippen molar-refractivity contribution in [1.29, 1.82) is 0 Å². The van der Waals surface area contributed by atoms with Crippen molar-refractivity contribution in [3.8, 4) is 5.75 Å². The Morgan fingerprint density at radius 2 is 2.22 bits per heavy atom. The van der Waals surface area contributed by atoms with E-state index >= 15 is 0 Å². The molecule has 0 spiro atoms. The average Bonchev–Trinajstić information content (AvgIpc) is 3.04. The number of amides is 1. The number of carbonyl (C=O) groups is 2. The van der Waals surface area contributed by atoms with E-state index < -0.39 is 12.0 Å². The van der Waals surface area contributed by atoms with Crippen LogP contribution >= 0.6 is 11.6 Å². The molecule has 0 saturated carbocycles. The molecule has 1 fully saturated rings. The highest BCUT2D eigenvalue weighted by Crippen LogP contribution is 2.29. The summed E-state index contributed by atoms with van der Waals surface area (Å²) in [6.45, 7) is 0.218. The maximum atomic E-state index is 12.2. The molecule has 1 aliphatic heterocycles. The molecule has 0 bridgehead atoms. The van der Waals surface area contributed by atoms with Crippen molar-refractivity contribution >= 4 is 34.4 Å². The van der Waals surface area contributed by atoms with Crippen molar-refractivity contribution in [2.24, 2.45) is 0 Å². The van der Waals surface area contributed by atoms with Crippen LogP contribution in [-0.2, 0) is 9.59 Å². The molecule has 1 aromatic heterocycles. The van der Waals surface area contributed by atoms with Crippen molar-refractivity contribution in [3.63, 3.8) is 0 Å². The Kier molecular flexibility index (Phi) is 4.34. The summed E-state index contributed by atoms with van der Waals surface area (Å²) < 4.78 is 5.57. The third kappa shape index (κ3) is 3.07. The van der Waals surface area contributed by atoms with Gasteiger partial charge in [0.15, 0.2) is 6.61 Å². The molecule has 6 nitrogen and oxygen atoms in total. The highest BCUT2D eigenvalue weighted by molar-refractivity contribution is 6.35. The van der Waals surface area contributed by atoms with Crippen LogP contribution in [0.3, 0.4) is 0 Å². The third-order valence-corrected chi connectivity index (χ3v) is 4.22. The number of carbonyl (C=O) groups excluding carboxylic acids is 1. The number of carboxylic acids is 1. The molecule has 3 rings (SSSR count). The van der Waals surface area contributed by atoms with Gasteiger partial charge in [-0.1, -0.05) is 11.6 Å². The van der Waals surface area contributed by atoms with E-state index in [4.69, 9.17) is 21.4 Å². The summed E-state index contributed by atoms with van der Waals surface area (Å²) in [6, 6.07) is 6.17. The maximum Gasteiger partial charge on any atom is 0.326 e. The number of rotatable bonds is 4. The zero-order valence-corrected chi connectivity index (χ0v) is 13.0. The van der Waals surface area contributed by atoms with E-state index in [-0.39, 0.29) is 12.5 Å². The number of hydrogen-bond acceptors (Lipinski definition) is 4. The minimum atomic E-state index is -0.977. The van der Waals surface area contributed by atoms with Gasteiger partial charge in [-0.25, -0.2) is 4.79 Å². The molecule has 2 heterocycles. The normalized spacial score (nSPS) is 17.4. The monoisotopic (exact) mass is 334 g/mol.